The van der Waals surface area contributed by atoms with Gasteiger partial charge in [-0.3, -0.25) is 0 Å². The summed E-state index contributed by atoms with van der Waals surface area (Å²) in [5.41, 5.74) is 2.00. The van der Waals surface area contributed by atoms with Gasteiger partial charge in [-0.1, -0.05) is 37.3 Å². The van der Waals surface area contributed by atoms with Crippen molar-refractivity contribution in [3.05, 3.63) is 76.5 Å². The minimum atomic E-state index is -3.75. The molecule has 176 valence electrons. The molecule has 1 aliphatic heterocycles. The second-order valence-electron chi connectivity index (χ2n) is 8.33. The van der Waals surface area contributed by atoms with Crippen molar-refractivity contribution >= 4 is 16.0 Å². The van der Waals surface area contributed by atoms with E-state index in [4.69, 9.17) is 5.26 Å². The highest BCUT2D eigenvalue weighted by Crippen LogP contribution is 2.46. The number of hydrogen-bond donors (Lipinski definition) is 2. The maximum Gasteiger partial charge on any atom is 0.327 e. The first-order valence-electron chi connectivity index (χ1n) is 10.8. The van der Waals surface area contributed by atoms with Gasteiger partial charge in [-0.05, 0) is 49.1 Å². The third-order valence-electron chi connectivity index (χ3n) is 6.38. The molecule has 2 N–H and O–H groups in total. The number of rotatable bonds is 8. The highest BCUT2D eigenvalue weighted by Gasteiger charge is 2.53. The van der Waals surface area contributed by atoms with Crippen molar-refractivity contribution in [2.75, 3.05) is 13.6 Å². The normalized spacial score (nSPS) is 20.1. The smallest absolute Gasteiger partial charge is 0.327 e. The number of sulfonamides is 1. The number of carboxylic acids is 1. The number of hydrogen-bond acceptors (Lipinski definition) is 6. The molecule has 8 nitrogen and oxygen atoms in total. The first-order valence-corrected chi connectivity index (χ1v) is 12.3. The first-order chi connectivity index (χ1) is 16.1. The summed E-state index contributed by atoms with van der Waals surface area (Å²) in [6, 6.07) is 16.3. The molecule has 2 aromatic rings. The van der Waals surface area contributed by atoms with Gasteiger partial charge in [-0.2, -0.15) is 10.5 Å². The number of carbonyl (C=O) groups is 1. The van der Waals surface area contributed by atoms with E-state index in [0.29, 0.717) is 24.0 Å². The summed E-state index contributed by atoms with van der Waals surface area (Å²) < 4.78 is 27.5. The molecule has 3 rings (SSSR count). The van der Waals surface area contributed by atoms with Crippen LogP contribution in [0.3, 0.4) is 0 Å². The molecule has 0 spiro atoms. The number of aliphatic carboxylic acids is 1. The lowest BCUT2D eigenvalue weighted by Gasteiger charge is -2.33. The van der Waals surface area contributed by atoms with Crippen LogP contribution in [0.15, 0.2) is 64.7 Å². The second-order valence-corrected chi connectivity index (χ2v) is 10.1. The zero-order valence-electron chi connectivity index (χ0n) is 19.2. The Bertz CT molecular complexity index is 1320. The summed E-state index contributed by atoms with van der Waals surface area (Å²) in [6.07, 6.45) is 0.964. The van der Waals surface area contributed by atoms with Crippen LogP contribution >= 0.6 is 0 Å². The van der Waals surface area contributed by atoms with Crippen LogP contribution in [0.1, 0.15) is 37.0 Å². The number of allylic oxidation sites excluding steroid dienone is 1. The predicted molar refractivity (Wildman–Crippen MR) is 126 cm³/mol. The van der Waals surface area contributed by atoms with Crippen LogP contribution in [-0.4, -0.2) is 44.0 Å². The molecule has 0 amide bonds. The van der Waals surface area contributed by atoms with Gasteiger partial charge >= 0.3 is 5.97 Å². The van der Waals surface area contributed by atoms with Crippen LogP contribution < -0.4 is 4.72 Å². The van der Waals surface area contributed by atoms with Gasteiger partial charge in [-0.15, -0.1) is 0 Å². The highest BCUT2D eigenvalue weighted by atomic mass is 32.2. The van der Waals surface area contributed by atoms with Gasteiger partial charge in [-0.25, -0.2) is 17.9 Å². The van der Waals surface area contributed by atoms with Crippen LogP contribution in [-0.2, 0) is 26.7 Å². The lowest BCUT2D eigenvalue weighted by molar-refractivity contribution is -0.143. The molecule has 34 heavy (non-hydrogen) atoms. The zero-order chi connectivity index (χ0) is 25.1. The van der Waals surface area contributed by atoms with Gasteiger partial charge in [0.05, 0.1) is 33.6 Å². The third-order valence-corrected chi connectivity index (χ3v) is 7.84. The molecule has 1 aliphatic rings. The molecule has 0 saturated carbocycles. The molecular weight excluding hydrogens is 452 g/mol. The van der Waals surface area contributed by atoms with Crippen molar-refractivity contribution in [2.24, 2.45) is 0 Å². The molecule has 0 aliphatic carbocycles. The van der Waals surface area contributed by atoms with E-state index in [1.165, 1.54) is 24.3 Å². The third kappa shape index (κ3) is 4.41. The van der Waals surface area contributed by atoms with E-state index >= 15 is 0 Å². The van der Waals surface area contributed by atoms with E-state index in [1.807, 2.05) is 25.1 Å². The monoisotopic (exact) mass is 478 g/mol. The van der Waals surface area contributed by atoms with Gasteiger partial charge in [0.2, 0.25) is 10.0 Å². The Morgan fingerprint density at radius 3 is 2.41 bits per heavy atom. The number of likely N-dealkylation sites (N-methyl/N-ethyl adjacent to an activating group) is 1. The summed E-state index contributed by atoms with van der Waals surface area (Å²) in [4.78, 5) is 13.8. The lowest BCUT2D eigenvalue weighted by atomic mass is 9.72. The summed E-state index contributed by atoms with van der Waals surface area (Å²) >= 11 is 0. The average Bonchev–Trinajstić information content (AvgIpc) is 3.05. The number of benzene rings is 2. The van der Waals surface area contributed by atoms with Crippen molar-refractivity contribution in [3.63, 3.8) is 0 Å². The Kier molecular flexibility index (Phi) is 7.11. The quantitative estimate of drug-likeness (QED) is 0.596. The van der Waals surface area contributed by atoms with E-state index < -0.39 is 27.4 Å². The Morgan fingerprint density at radius 2 is 1.85 bits per heavy atom. The zero-order valence-corrected chi connectivity index (χ0v) is 20.1. The van der Waals surface area contributed by atoms with Crippen LogP contribution in [0, 0.1) is 22.7 Å². The molecule has 0 radical (unpaired) electrons. The number of carboxylic acid groups (broad SMARTS) is 1. The van der Waals surface area contributed by atoms with E-state index in [2.05, 4.69) is 10.8 Å². The Labute approximate surface area is 199 Å². The molecule has 1 heterocycles. The van der Waals surface area contributed by atoms with E-state index in [9.17, 15) is 23.6 Å². The largest absolute Gasteiger partial charge is 0.480 e. The molecular formula is C25H26N4O4S. The van der Waals surface area contributed by atoms with Gasteiger partial charge in [0.1, 0.15) is 6.04 Å². The Hall–Kier alpha value is -3.66. The van der Waals surface area contributed by atoms with Gasteiger partial charge in [0, 0.05) is 19.3 Å². The average molecular weight is 479 g/mol. The molecule has 2 atom stereocenters. The number of nitriles is 2. The molecule has 0 saturated heterocycles. The minimum Gasteiger partial charge on any atom is -0.480 e. The minimum absolute atomic E-state index is 0.0300. The van der Waals surface area contributed by atoms with Crippen molar-refractivity contribution in [3.8, 4) is 12.1 Å². The maximum atomic E-state index is 12.5. The fourth-order valence-electron chi connectivity index (χ4n) is 4.64. The summed E-state index contributed by atoms with van der Waals surface area (Å²) in [7, 11) is -2.05. The van der Waals surface area contributed by atoms with E-state index in [1.54, 1.807) is 31.0 Å². The molecule has 0 fully saturated rings. The second kappa shape index (κ2) is 9.68. The van der Waals surface area contributed by atoms with E-state index in [-0.39, 0.29) is 17.0 Å². The summed E-state index contributed by atoms with van der Waals surface area (Å²) in [5.74, 6) is -1.000. The lowest BCUT2D eigenvalue weighted by Crippen LogP contribution is -2.47. The Morgan fingerprint density at radius 1 is 1.18 bits per heavy atom. The number of nitrogens with zero attached hydrogens (tertiary/aromatic N) is 3. The topological polar surface area (TPSA) is 134 Å². The van der Waals surface area contributed by atoms with Crippen molar-refractivity contribution in [1.82, 2.24) is 9.62 Å². The van der Waals surface area contributed by atoms with Crippen LogP contribution in [0.2, 0.25) is 0 Å². The van der Waals surface area contributed by atoms with Crippen molar-refractivity contribution < 1.29 is 18.3 Å². The van der Waals surface area contributed by atoms with Gasteiger partial charge in [0.25, 0.3) is 0 Å². The SMILES string of the molecule is CCC1=C(C#N)C(C)(c2ccc(CCNS(=O)(=O)c3cccc(C#N)c3)cc2)C(C(=O)O)N1C. The van der Waals surface area contributed by atoms with Crippen molar-refractivity contribution in [1.29, 1.82) is 10.5 Å². The van der Waals surface area contributed by atoms with Crippen LogP contribution in [0.4, 0.5) is 0 Å². The number of nitrogens with one attached hydrogen (secondary N) is 1. The molecule has 2 aromatic carbocycles. The fourth-order valence-corrected chi connectivity index (χ4v) is 5.72. The molecule has 0 aromatic heterocycles. The maximum absolute atomic E-state index is 12.5. The highest BCUT2D eigenvalue weighted by molar-refractivity contribution is 7.89. The molecule has 9 heteroatoms. The molecule has 2 unspecified atom stereocenters. The van der Waals surface area contributed by atoms with Crippen molar-refractivity contribution in [2.45, 2.75) is 43.0 Å². The van der Waals surface area contributed by atoms with E-state index in [0.717, 1.165) is 11.3 Å². The van der Waals surface area contributed by atoms with Crippen LogP contribution in [0.25, 0.3) is 0 Å². The summed E-state index contributed by atoms with van der Waals surface area (Å²) in [5, 5.41) is 28.7. The van der Waals surface area contributed by atoms with Crippen LogP contribution in [0.5, 0.6) is 0 Å². The summed E-state index contributed by atoms with van der Waals surface area (Å²) in [6.45, 7) is 3.83. The van der Waals surface area contributed by atoms with Gasteiger partial charge < -0.3 is 10.0 Å². The Balaban J connectivity index is 1.78. The predicted octanol–water partition coefficient (Wildman–Crippen LogP) is 2.92. The first kappa shape index (κ1) is 25.0. The standard InChI is InChI=1S/C25H26N4O4S/c1-4-22-21(16-27)25(2,23(24(30)31)29(22)3)19-10-8-17(9-11-19)12-13-28-34(32,33)20-7-5-6-18(14-20)15-26/h5-11,14,23,28H,4,12-13H2,1-3H3,(H,30,31). The fraction of sp³-hybridized carbons (Fsp3) is 0.320. The molecule has 0 bridgehead atoms. The van der Waals surface area contributed by atoms with Gasteiger partial charge in [0.15, 0.2) is 0 Å².